The molecule has 0 bridgehead atoms. The van der Waals surface area contributed by atoms with Crippen molar-refractivity contribution in [3.63, 3.8) is 0 Å². The van der Waals surface area contributed by atoms with Crippen LogP contribution in [-0.4, -0.2) is 38.0 Å². The Morgan fingerprint density at radius 2 is 2.08 bits per heavy atom. The summed E-state index contributed by atoms with van der Waals surface area (Å²) in [5, 5.41) is 11.8. The summed E-state index contributed by atoms with van der Waals surface area (Å²) in [5.41, 5.74) is 9.07. The molecule has 3 rings (SSSR count). The molecular weight excluding hydrogens is 308 g/mol. The van der Waals surface area contributed by atoms with E-state index in [2.05, 4.69) is 42.0 Å². The van der Waals surface area contributed by atoms with Gasteiger partial charge < -0.3 is 10.3 Å². The van der Waals surface area contributed by atoms with Crippen LogP contribution in [0.5, 0.6) is 0 Å². The van der Waals surface area contributed by atoms with E-state index < -0.39 is 0 Å². The lowest BCUT2D eigenvalue weighted by atomic mass is 10.1. The van der Waals surface area contributed by atoms with E-state index in [9.17, 15) is 0 Å². The molecule has 122 valence electrons. The SMILES string of the molecule is C=NC(N)=NC(=C(C)C)c1[nH]nc2nc(-c3noc(C)n3)ccc12. The third-order valence-electron chi connectivity index (χ3n) is 3.27. The van der Waals surface area contributed by atoms with E-state index in [1.165, 1.54) is 0 Å². The summed E-state index contributed by atoms with van der Waals surface area (Å²) in [6.45, 7) is 8.94. The van der Waals surface area contributed by atoms with Crippen molar-refractivity contribution in [2.45, 2.75) is 20.8 Å². The first-order chi connectivity index (χ1) is 11.5. The summed E-state index contributed by atoms with van der Waals surface area (Å²) in [7, 11) is 0. The molecule has 0 spiro atoms. The first-order valence-corrected chi connectivity index (χ1v) is 7.14. The zero-order valence-electron chi connectivity index (χ0n) is 13.5. The van der Waals surface area contributed by atoms with Crippen LogP contribution < -0.4 is 5.73 Å². The molecule has 0 aliphatic heterocycles. The van der Waals surface area contributed by atoms with E-state index in [-0.39, 0.29) is 5.96 Å². The Bertz CT molecular complexity index is 974. The first kappa shape index (κ1) is 15.5. The number of aromatic nitrogens is 5. The number of allylic oxidation sites excluding steroid dienone is 1. The van der Waals surface area contributed by atoms with Crippen LogP contribution in [0.2, 0.25) is 0 Å². The van der Waals surface area contributed by atoms with Gasteiger partial charge in [0.2, 0.25) is 17.7 Å². The molecular formula is C15H16N8O. The fourth-order valence-electron chi connectivity index (χ4n) is 2.17. The third-order valence-corrected chi connectivity index (χ3v) is 3.27. The molecule has 9 nitrogen and oxygen atoms in total. The van der Waals surface area contributed by atoms with Crippen molar-refractivity contribution < 1.29 is 4.52 Å². The molecule has 0 unspecified atom stereocenters. The molecule has 0 fully saturated rings. The van der Waals surface area contributed by atoms with Gasteiger partial charge in [0.1, 0.15) is 5.69 Å². The summed E-state index contributed by atoms with van der Waals surface area (Å²) >= 11 is 0. The number of rotatable bonds is 3. The van der Waals surface area contributed by atoms with Gasteiger partial charge in [-0.25, -0.2) is 15.0 Å². The number of nitrogens with two attached hydrogens (primary N) is 1. The third kappa shape index (κ3) is 2.78. The van der Waals surface area contributed by atoms with Crippen molar-refractivity contribution >= 4 is 29.4 Å². The Morgan fingerprint density at radius 1 is 1.29 bits per heavy atom. The second-order valence-electron chi connectivity index (χ2n) is 5.28. The molecule has 3 heterocycles. The van der Waals surface area contributed by atoms with Gasteiger partial charge in [-0.15, -0.1) is 0 Å². The van der Waals surface area contributed by atoms with Crippen LogP contribution in [0.4, 0.5) is 0 Å². The minimum absolute atomic E-state index is 0.0841. The number of aliphatic imine (C=N–C) groups is 2. The number of pyridine rings is 1. The molecule has 3 aromatic rings. The van der Waals surface area contributed by atoms with Gasteiger partial charge >= 0.3 is 0 Å². The normalized spacial score (nSPS) is 11.7. The number of hydrogen-bond acceptors (Lipinski definition) is 6. The Kier molecular flexibility index (Phi) is 3.90. The van der Waals surface area contributed by atoms with Crippen molar-refractivity contribution in [3.8, 4) is 11.5 Å². The maximum atomic E-state index is 5.67. The minimum Gasteiger partial charge on any atom is -0.368 e. The summed E-state index contributed by atoms with van der Waals surface area (Å²) in [5.74, 6) is 0.975. The number of guanidine groups is 1. The fourth-order valence-corrected chi connectivity index (χ4v) is 2.17. The van der Waals surface area contributed by atoms with Crippen LogP contribution in [0, 0.1) is 6.92 Å². The predicted molar refractivity (Wildman–Crippen MR) is 91.4 cm³/mol. The van der Waals surface area contributed by atoms with Gasteiger partial charge in [0.25, 0.3) is 0 Å². The van der Waals surface area contributed by atoms with Gasteiger partial charge in [0.15, 0.2) is 5.65 Å². The number of nitrogens with one attached hydrogen (secondary N) is 1. The number of nitrogens with zero attached hydrogens (tertiary/aromatic N) is 6. The van der Waals surface area contributed by atoms with Crippen LogP contribution in [0.1, 0.15) is 25.4 Å². The van der Waals surface area contributed by atoms with Gasteiger partial charge in [-0.05, 0) is 38.3 Å². The molecule has 0 saturated carbocycles. The van der Waals surface area contributed by atoms with E-state index >= 15 is 0 Å². The van der Waals surface area contributed by atoms with Crippen molar-refractivity contribution in [3.05, 3.63) is 29.3 Å². The van der Waals surface area contributed by atoms with Crippen LogP contribution in [0.25, 0.3) is 28.2 Å². The summed E-state index contributed by atoms with van der Waals surface area (Å²) in [6, 6.07) is 3.67. The van der Waals surface area contributed by atoms with Crippen LogP contribution >= 0.6 is 0 Å². The number of aryl methyl sites for hydroxylation is 1. The molecule has 0 aromatic carbocycles. The van der Waals surface area contributed by atoms with Crippen molar-refractivity contribution in [2.75, 3.05) is 0 Å². The predicted octanol–water partition coefficient (Wildman–Crippen LogP) is 2.08. The zero-order chi connectivity index (χ0) is 17.3. The topological polar surface area (TPSA) is 131 Å². The second kappa shape index (κ2) is 6.03. The van der Waals surface area contributed by atoms with E-state index in [0.29, 0.717) is 34.4 Å². The van der Waals surface area contributed by atoms with Gasteiger partial charge in [0.05, 0.1) is 11.4 Å². The fraction of sp³-hybridized carbons (Fsp3) is 0.200. The lowest BCUT2D eigenvalue weighted by molar-refractivity contribution is 0.394. The first-order valence-electron chi connectivity index (χ1n) is 7.14. The van der Waals surface area contributed by atoms with Gasteiger partial charge in [-0.2, -0.15) is 10.1 Å². The van der Waals surface area contributed by atoms with Crippen molar-refractivity contribution in [2.24, 2.45) is 15.7 Å². The van der Waals surface area contributed by atoms with E-state index in [1.54, 1.807) is 13.0 Å². The van der Waals surface area contributed by atoms with Crippen molar-refractivity contribution in [1.82, 2.24) is 25.3 Å². The van der Waals surface area contributed by atoms with Gasteiger partial charge in [-0.1, -0.05) is 5.16 Å². The molecule has 3 aromatic heterocycles. The Morgan fingerprint density at radius 3 is 2.71 bits per heavy atom. The minimum atomic E-state index is 0.0841. The van der Waals surface area contributed by atoms with Gasteiger partial charge in [-0.3, -0.25) is 5.10 Å². The Labute approximate surface area is 137 Å². The summed E-state index contributed by atoms with van der Waals surface area (Å²) in [6.07, 6.45) is 0. The van der Waals surface area contributed by atoms with Crippen LogP contribution in [-0.2, 0) is 0 Å². The quantitative estimate of drug-likeness (QED) is 0.560. The highest BCUT2D eigenvalue weighted by atomic mass is 16.5. The average molecular weight is 324 g/mol. The molecule has 3 N–H and O–H groups in total. The number of H-pyrrole nitrogens is 1. The van der Waals surface area contributed by atoms with E-state index in [0.717, 1.165) is 11.0 Å². The molecule has 0 amide bonds. The second-order valence-corrected chi connectivity index (χ2v) is 5.28. The zero-order valence-corrected chi connectivity index (χ0v) is 13.5. The van der Waals surface area contributed by atoms with Crippen molar-refractivity contribution in [1.29, 1.82) is 0 Å². The lowest BCUT2D eigenvalue weighted by Crippen LogP contribution is -2.07. The van der Waals surface area contributed by atoms with Gasteiger partial charge in [0, 0.05) is 12.3 Å². The largest absolute Gasteiger partial charge is 0.368 e. The number of hydrogen-bond donors (Lipinski definition) is 2. The Balaban J connectivity index is 2.11. The maximum absolute atomic E-state index is 5.67. The summed E-state index contributed by atoms with van der Waals surface area (Å²) in [4.78, 5) is 16.5. The van der Waals surface area contributed by atoms with Crippen LogP contribution in [0.15, 0.2) is 32.2 Å². The average Bonchev–Trinajstić information content (AvgIpc) is 3.17. The summed E-state index contributed by atoms with van der Waals surface area (Å²) < 4.78 is 4.98. The molecule has 24 heavy (non-hydrogen) atoms. The van der Waals surface area contributed by atoms with E-state index in [1.807, 2.05) is 19.9 Å². The molecule has 0 atom stereocenters. The Hall–Kier alpha value is -3.36. The maximum Gasteiger partial charge on any atom is 0.223 e. The highest BCUT2D eigenvalue weighted by Crippen LogP contribution is 2.27. The molecule has 0 radical (unpaired) electrons. The highest BCUT2D eigenvalue weighted by molar-refractivity contribution is 5.94. The van der Waals surface area contributed by atoms with E-state index in [4.69, 9.17) is 10.3 Å². The molecule has 0 aliphatic carbocycles. The number of aromatic amines is 1. The highest BCUT2D eigenvalue weighted by Gasteiger charge is 2.15. The molecule has 9 heteroatoms. The van der Waals surface area contributed by atoms with Crippen LogP contribution in [0.3, 0.4) is 0 Å². The standard InChI is InChI=1S/C15H16N8O/c1-7(2)11(20-15(16)17-4)12-9-5-6-10(19-13(9)22-21-12)14-18-8(3)24-23-14/h5-6H,4H2,1-3H3,(H2,16,20)(H,19,21,22). The number of fused-ring (bicyclic) bond motifs is 1. The molecule has 0 saturated heterocycles. The smallest absolute Gasteiger partial charge is 0.223 e. The monoisotopic (exact) mass is 324 g/mol. The molecule has 0 aliphatic rings. The lowest BCUT2D eigenvalue weighted by Gasteiger charge is -2.03.